The molecule has 5 rings (SSSR count). The topological polar surface area (TPSA) is 86.5 Å². The minimum absolute atomic E-state index is 0.161. The Bertz CT molecular complexity index is 1570. The second-order valence-corrected chi connectivity index (χ2v) is 7.49. The smallest absolute Gasteiger partial charge is 0.332 e. The molecule has 31 heavy (non-hydrogen) atoms. The lowest BCUT2D eigenvalue weighted by atomic mass is 10.1. The van der Waals surface area contributed by atoms with Gasteiger partial charge in [0.15, 0.2) is 11.2 Å². The van der Waals surface area contributed by atoms with Crippen LogP contribution in [0.4, 0.5) is 0 Å². The van der Waals surface area contributed by atoms with Crippen molar-refractivity contribution in [2.45, 2.75) is 13.3 Å². The molecule has 0 saturated carbocycles. The Balaban J connectivity index is 2.05. The molecule has 5 aromatic rings. The number of phenols is 1. The molecule has 0 atom stereocenters. The summed E-state index contributed by atoms with van der Waals surface area (Å²) < 4.78 is 6.33. The minimum Gasteiger partial charge on any atom is -0.508 e. The predicted octanol–water partition coefficient (Wildman–Crippen LogP) is 2.61. The van der Waals surface area contributed by atoms with E-state index in [0.717, 1.165) is 27.2 Å². The maximum absolute atomic E-state index is 13.1. The van der Waals surface area contributed by atoms with Crippen LogP contribution in [-0.4, -0.2) is 28.2 Å². The fourth-order valence-electron chi connectivity index (χ4n) is 4.19. The Morgan fingerprint density at radius 1 is 0.935 bits per heavy atom. The fraction of sp³-hybridized carbons (Fsp3) is 0.174. The molecular weight excluding hydrogens is 394 g/mol. The zero-order valence-electron chi connectivity index (χ0n) is 17.4. The van der Waals surface area contributed by atoms with Crippen molar-refractivity contribution < 1.29 is 5.11 Å². The van der Waals surface area contributed by atoms with Gasteiger partial charge in [-0.25, -0.2) is 4.79 Å². The first kappa shape index (κ1) is 18.9. The lowest BCUT2D eigenvalue weighted by Gasteiger charge is -2.11. The third-order valence-corrected chi connectivity index (χ3v) is 5.70. The van der Waals surface area contributed by atoms with Crippen LogP contribution in [0.2, 0.25) is 0 Å². The van der Waals surface area contributed by atoms with E-state index < -0.39 is 5.69 Å². The van der Waals surface area contributed by atoms with Gasteiger partial charge < -0.3 is 5.11 Å². The van der Waals surface area contributed by atoms with E-state index in [9.17, 15) is 14.7 Å². The van der Waals surface area contributed by atoms with E-state index in [2.05, 4.69) is 0 Å². The highest BCUT2D eigenvalue weighted by Crippen LogP contribution is 2.33. The molecule has 0 radical (unpaired) electrons. The quantitative estimate of drug-likeness (QED) is 0.491. The van der Waals surface area contributed by atoms with Crippen LogP contribution in [0.3, 0.4) is 0 Å². The molecule has 0 amide bonds. The number of imidazole rings is 2. The summed E-state index contributed by atoms with van der Waals surface area (Å²) in [7, 11) is 3.09. The summed E-state index contributed by atoms with van der Waals surface area (Å²) in [6.45, 7) is 2.03. The van der Waals surface area contributed by atoms with E-state index in [1.54, 1.807) is 31.3 Å². The Hall–Kier alpha value is -4.07. The third-order valence-electron chi connectivity index (χ3n) is 5.70. The van der Waals surface area contributed by atoms with Gasteiger partial charge >= 0.3 is 5.69 Å². The predicted molar refractivity (Wildman–Crippen MR) is 119 cm³/mol. The molecule has 0 aliphatic carbocycles. The van der Waals surface area contributed by atoms with Crippen LogP contribution >= 0.6 is 0 Å². The zero-order chi connectivity index (χ0) is 21.9. The van der Waals surface area contributed by atoms with Crippen LogP contribution in [0, 0.1) is 0 Å². The number of aryl methyl sites for hydroxylation is 2. The van der Waals surface area contributed by atoms with Crippen molar-refractivity contribution in [3.05, 3.63) is 81.1 Å². The first-order valence-electron chi connectivity index (χ1n) is 10.0. The number of nitrogens with zero attached hydrogens (tertiary/aromatic N) is 5. The molecule has 3 heterocycles. The van der Waals surface area contributed by atoms with Gasteiger partial charge in [0.05, 0.1) is 11.4 Å². The first-order valence-corrected chi connectivity index (χ1v) is 10.0. The molecule has 3 aromatic heterocycles. The first-order chi connectivity index (χ1) is 14.9. The van der Waals surface area contributed by atoms with Crippen molar-refractivity contribution >= 4 is 16.9 Å². The molecule has 1 N–H and O–H groups in total. The minimum atomic E-state index is -0.421. The molecule has 0 spiro atoms. The molecular formula is C23H21N5O3. The largest absolute Gasteiger partial charge is 0.508 e. The number of hydrogen-bond donors (Lipinski definition) is 1. The van der Waals surface area contributed by atoms with E-state index in [0.29, 0.717) is 23.4 Å². The summed E-state index contributed by atoms with van der Waals surface area (Å²) in [5.41, 5.74) is 3.49. The SMILES string of the molecule is CCc1c(-c2ccccc2)n(-c2ccc(O)cc2)c2nc3c(c(=O)n(C)c(=O)n3C)n12. The molecule has 0 aliphatic heterocycles. The standard InChI is InChI=1S/C23H21N5O3/c1-4-17-18(14-8-6-5-7-9-14)27(15-10-12-16(29)13-11-15)22-24-20-19(28(17)22)21(30)26(3)23(31)25(20)2/h5-13,29H,4H2,1-3H3. The molecule has 0 fully saturated rings. The van der Waals surface area contributed by atoms with Gasteiger partial charge in [-0.05, 0) is 30.7 Å². The van der Waals surface area contributed by atoms with E-state index in [1.165, 1.54) is 11.6 Å². The van der Waals surface area contributed by atoms with Crippen LogP contribution in [0.25, 0.3) is 33.9 Å². The Morgan fingerprint density at radius 2 is 1.61 bits per heavy atom. The lowest BCUT2D eigenvalue weighted by Crippen LogP contribution is -2.37. The highest BCUT2D eigenvalue weighted by molar-refractivity contribution is 5.81. The van der Waals surface area contributed by atoms with Crippen molar-refractivity contribution in [1.29, 1.82) is 0 Å². The summed E-state index contributed by atoms with van der Waals surface area (Å²) in [5, 5.41) is 9.79. The summed E-state index contributed by atoms with van der Waals surface area (Å²) in [5.74, 6) is 0.698. The molecule has 0 aliphatic rings. The number of aromatic hydroxyl groups is 1. The summed E-state index contributed by atoms with van der Waals surface area (Å²) in [4.78, 5) is 30.4. The highest BCUT2D eigenvalue weighted by Gasteiger charge is 2.25. The molecule has 156 valence electrons. The van der Waals surface area contributed by atoms with Gasteiger partial charge in [-0.3, -0.25) is 22.9 Å². The van der Waals surface area contributed by atoms with Gasteiger partial charge in [-0.15, -0.1) is 0 Å². The molecule has 8 nitrogen and oxygen atoms in total. The second kappa shape index (κ2) is 6.73. The van der Waals surface area contributed by atoms with Crippen LogP contribution in [0.5, 0.6) is 5.75 Å². The van der Waals surface area contributed by atoms with E-state index in [-0.39, 0.29) is 11.3 Å². The summed E-state index contributed by atoms with van der Waals surface area (Å²) >= 11 is 0. The highest BCUT2D eigenvalue weighted by atomic mass is 16.3. The Labute approximate surface area is 176 Å². The van der Waals surface area contributed by atoms with E-state index in [4.69, 9.17) is 4.98 Å². The summed E-state index contributed by atoms with van der Waals surface area (Å²) in [6.07, 6.45) is 0.642. The number of hydrogen-bond acceptors (Lipinski definition) is 4. The average Bonchev–Trinajstić information content (AvgIpc) is 3.32. The van der Waals surface area contributed by atoms with Gasteiger partial charge in [-0.2, -0.15) is 4.98 Å². The Kier molecular flexibility index (Phi) is 4.11. The lowest BCUT2D eigenvalue weighted by molar-refractivity contribution is 0.475. The number of phenolic OH excluding ortho intramolecular Hbond substituents is 1. The molecule has 8 heteroatoms. The van der Waals surface area contributed by atoms with Gasteiger partial charge in [0.25, 0.3) is 5.56 Å². The van der Waals surface area contributed by atoms with Gasteiger partial charge in [-0.1, -0.05) is 37.3 Å². The van der Waals surface area contributed by atoms with Gasteiger partial charge in [0.2, 0.25) is 5.78 Å². The van der Waals surface area contributed by atoms with Crippen molar-refractivity contribution in [3.63, 3.8) is 0 Å². The van der Waals surface area contributed by atoms with Crippen LogP contribution in [-0.2, 0) is 20.5 Å². The molecule has 0 saturated heterocycles. The Morgan fingerprint density at radius 3 is 2.26 bits per heavy atom. The fourth-order valence-corrected chi connectivity index (χ4v) is 4.19. The molecule has 2 aromatic carbocycles. The van der Waals surface area contributed by atoms with Crippen LogP contribution in [0.15, 0.2) is 64.2 Å². The van der Waals surface area contributed by atoms with E-state index in [1.807, 2.05) is 46.2 Å². The van der Waals surface area contributed by atoms with Crippen LogP contribution in [0.1, 0.15) is 12.6 Å². The number of aromatic nitrogens is 5. The van der Waals surface area contributed by atoms with E-state index >= 15 is 0 Å². The normalized spacial score (nSPS) is 11.6. The zero-order valence-corrected chi connectivity index (χ0v) is 17.4. The second-order valence-electron chi connectivity index (χ2n) is 7.49. The van der Waals surface area contributed by atoms with Gasteiger partial charge in [0, 0.05) is 25.3 Å². The van der Waals surface area contributed by atoms with Crippen molar-refractivity contribution in [2.75, 3.05) is 0 Å². The average molecular weight is 415 g/mol. The monoisotopic (exact) mass is 415 g/mol. The van der Waals surface area contributed by atoms with Crippen molar-refractivity contribution in [3.8, 4) is 22.7 Å². The summed E-state index contributed by atoms with van der Waals surface area (Å²) in [6, 6.07) is 16.7. The van der Waals surface area contributed by atoms with Gasteiger partial charge in [0.1, 0.15) is 5.75 Å². The molecule has 0 bridgehead atoms. The number of rotatable bonds is 3. The maximum Gasteiger partial charge on any atom is 0.332 e. The maximum atomic E-state index is 13.1. The number of fused-ring (bicyclic) bond motifs is 3. The number of benzene rings is 2. The van der Waals surface area contributed by atoms with Crippen molar-refractivity contribution in [2.24, 2.45) is 14.1 Å². The molecule has 0 unspecified atom stereocenters. The van der Waals surface area contributed by atoms with Crippen LogP contribution < -0.4 is 11.2 Å². The van der Waals surface area contributed by atoms with Crippen molar-refractivity contribution in [1.82, 2.24) is 23.1 Å². The third kappa shape index (κ3) is 2.58.